The van der Waals surface area contributed by atoms with Crippen molar-refractivity contribution in [1.82, 2.24) is 24.6 Å². The van der Waals surface area contributed by atoms with Gasteiger partial charge in [-0.05, 0) is 24.8 Å². The number of aliphatic hydroxyl groups is 1. The summed E-state index contributed by atoms with van der Waals surface area (Å²) in [6.07, 6.45) is 2.27. The zero-order valence-electron chi connectivity index (χ0n) is 13.4. The molecule has 3 aromatic rings. The monoisotopic (exact) mass is 357 g/mol. The van der Waals surface area contributed by atoms with Gasteiger partial charge in [0, 0.05) is 12.5 Å². The van der Waals surface area contributed by atoms with E-state index in [2.05, 4.69) is 15.1 Å². The third kappa shape index (κ3) is 2.09. The Hall–Kier alpha value is -2.52. The van der Waals surface area contributed by atoms with Gasteiger partial charge in [0.25, 0.3) is 11.5 Å². The van der Waals surface area contributed by atoms with Crippen molar-refractivity contribution in [2.24, 2.45) is 5.92 Å². The predicted molar refractivity (Wildman–Crippen MR) is 91.1 cm³/mol. The molecule has 2 unspecified atom stereocenters. The van der Waals surface area contributed by atoms with Crippen LogP contribution >= 0.6 is 11.3 Å². The number of piperidine rings is 1. The topological polar surface area (TPSA) is 104 Å². The fourth-order valence-electron chi connectivity index (χ4n) is 3.58. The molecule has 1 saturated heterocycles. The van der Waals surface area contributed by atoms with E-state index in [4.69, 9.17) is 0 Å². The highest BCUT2D eigenvalue weighted by Gasteiger charge is 2.60. The molecule has 1 amide bonds. The van der Waals surface area contributed by atoms with E-state index in [-0.39, 0.29) is 23.3 Å². The van der Waals surface area contributed by atoms with Gasteiger partial charge in [0.15, 0.2) is 0 Å². The van der Waals surface area contributed by atoms with Crippen molar-refractivity contribution in [3.8, 4) is 5.95 Å². The van der Waals surface area contributed by atoms with Gasteiger partial charge in [0.2, 0.25) is 5.95 Å². The maximum Gasteiger partial charge on any atom is 0.270 e. The number of hydrogen-bond acceptors (Lipinski definition) is 6. The minimum Gasteiger partial charge on any atom is -0.388 e. The fraction of sp³-hybridized carbons (Fsp3) is 0.375. The highest BCUT2D eigenvalue weighted by atomic mass is 32.1. The Kier molecular flexibility index (Phi) is 2.82. The molecule has 0 spiro atoms. The Morgan fingerprint density at radius 3 is 3.12 bits per heavy atom. The number of thiophene rings is 1. The molecule has 8 nitrogen and oxygen atoms in total. The zero-order chi connectivity index (χ0) is 17.3. The van der Waals surface area contributed by atoms with Crippen LogP contribution < -0.4 is 5.56 Å². The lowest BCUT2D eigenvalue weighted by atomic mass is 10.2. The second kappa shape index (κ2) is 4.77. The molecule has 1 aliphatic carbocycles. The van der Waals surface area contributed by atoms with Crippen LogP contribution in [0.5, 0.6) is 0 Å². The van der Waals surface area contributed by atoms with Crippen LogP contribution in [0.2, 0.25) is 0 Å². The van der Waals surface area contributed by atoms with Crippen LogP contribution in [0, 0.1) is 12.8 Å². The second-order valence-corrected chi connectivity index (χ2v) is 7.69. The summed E-state index contributed by atoms with van der Waals surface area (Å²) in [5.41, 5.74) is 0.761. The highest BCUT2D eigenvalue weighted by Crippen LogP contribution is 2.49. The maximum absolute atomic E-state index is 12.7. The van der Waals surface area contributed by atoms with E-state index >= 15 is 0 Å². The summed E-state index contributed by atoms with van der Waals surface area (Å²) in [6.45, 7) is 2.72. The lowest BCUT2D eigenvalue weighted by molar-refractivity contribution is 0.0702. The quantitative estimate of drug-likeness (QED) is 0.702. The molecular formula is C16H15N5O3S. The minimum absolute atomic E-state index is 0.150. The number of H-pyrrole nitrogens is 1. The predicted octanol–water partition coefficient (Wildman–Crippen LogP) is 0.686. The van der Waals surface area contributed by atoms with Crippen molar-refractivity contribution in [2.75, 3.05) is 13.1 Å². The number of aromatic amines is 1. The molecule has 3 aromatic heterocycles. The first-order chi connectivity index (χ1) is 12.0. The number of carbonyl (C=O) groups excluding carboxylic acids is 1. The van der Waals surface area contributed by atoms with Crippen LogP contribution in [0.3, 0.4) is 0 Å². The molecule has 0 radical (unpaired) electrons. The molecule has 0 aromatic carbocycles. The number of hydrogen-bond donors (Lipinski definition) is 2. The smallest absolute Gasteiger partial charge is 0.270 e. The van der Waals surface area contributed by atoms with Gasteiger partial charge in [-0.15, -0.1) is 11.3 Å². The average Bonchev–Trinajstić information content (AvgIpc) is 2.99. The third-order valence-corrected chi connectivity index (χ3v) is 6.04. The molecule has 9 heteroatoms. The molecular weight excluding hydrogens is 342 g/mol. The van der Waals surface area contributed by atoms with Gasteiger partial charge < -0.3 is 10.0 Å². The Labute approximate surface area is 145 Å². The molecule has 2 N–H and O–H groups in total. The van der Waals surface area contributed by atoms with E-state index < -0.39 is 5.60 Å². The minimum atomic E-state index is -0.684. The Morgan fingerprint density at radius 1 is 1.52 bits per heavy atom. The molecule has 4 heterocycles. The number of amides is 1. The van der Waals surface area contributed by atoms with Crippen LogP contribution in [-0.4, -0.2) is 54.4 Å². The molecule has 5 rings (SSSR count). The van der Waals surface area contributed by atoms with Gasteiger partial charge in [-0.3, -0.25) is 14.6 Å². The summed E-state index contributed by atoms with van der Waals surface area (Å²) in [6, 6.07) is 1.78. The summed E-state index contributed by atoms with van der Waals surface area (Å²) in [5.74, 6) is 0.338. The summed E-state index contributed by atoms with van der Waals surface area (Å²) in [4.78, 5) is 33.7. The van der Waals surface area contributed by atoms with Crippen LogP contribution in [0.15, 0.2) is 22.4 Å². The van der Waals surface area contributed by atoms with E-state index in [1.807, 2.05) is 5.38 Å². The number of rotatable bonds is 2. The number of likely N-dealkylation sites (tertiary alicyclic amines) is 1. The summed E-state index contributed by atoms with van der Waals surface area (Å²) in [7, 11) is 0. The largest absolute Gasteiger partial charge is 0.388 e. The summed E-state index contributed by atoms with van der Waals surface area (Å²) in [5, 5.41) is 16.2. The van der Waals surface area contributed by atoms with Crippen LogP contribution in [0.25, 0.3) is 16.2 Å². The molecule has 1 aliphatic heterocycles. The molecule has 2 aliphatic rings. The van der Waals surface area contributed by atoms with Gasteiger partial charge in [0.1, 0.15) is 4.70 Å². The van der Waals surface area contributed by atoms with Crippen molar-refractivity contribution in [3.05, 3.63) is 39.3 Å². The molecule has 25 heavy (non-hydrogen) atoms. The van der Waals surface area contributed by atoms with E-state index in [1.165, 1.54) is 22.2 Å². The maximum atomic E-state index is 12.7. The Bertz CT molecular complexity index is 1080. The van der Waals surface area contributed by atoms with Gasteiger partial charge in [-0.25, -0.2) is 9.67 Å². The Morgan fingerprint density at radius 2 is 2.36 bits per heavy atom. The standard InChI is InChI=1S/C16H15N5O3S/c1-8-10(14(23)20-6-9-4-16(9,24)7-20)5-17-21(8)15-18-11-2-3-25-12(11)13(22)19-15/h2-3,5,9,24H,4,6-7H2,1H3,(H,18,19,22). The van der Waals surface area contributed by atoms with Gasteiger partial charge in [-0.1, -0.05) is 0 Å². The van der Waals surface area contributed by atoms with Crippen molar-refractivity contribution in [1.29, 1.82) is 0 Å². The summed E-state index contributed by atoms with van der Waals surface area (Å²) < 4.78 is 2.03. The normalized spacial score (nSPS) is 24.7. The SMILES string of the molecule is Cc1c(C(=O)N2CC3CC3(O)C2)cnn1-c1nc2ccsc2c(=O)[nH]1. The van der Waals surface area contributed by atoms with Crippen LogP contribution in [-0.2, 0) is 0 Å². The Balaban J connectivity index is 1.51. The van der Waals surface area contributed by atoms with E-state index in [1.54, 1.807) is 17.9 Å². The number of carbonyl (C=O) groups is 1. The van der Waals surface area contributed by atoms with Gasteiger partial charge >= 0.3 is 0 Å². The number of nitrogens with zero attached hydrogens (tertiary/aromatic N) is 4. The van der Waals surface area contributed by atoms with Crippen molar-refractivity contribution < 1.29 is 9.90 Å². The second-order valence-electron chi connectivity index (χ2n) is 6.77. The molecule has 2 atom stereocenters. The van der Waals surface area contributed by atoms with E-state index in [0.29, 0.717) is 34.6 Å². The lowest BCUT2D eigenvalue weighted by Gasteiger charge is -2.18. The molecule has 0 bridgehead atoms. The third-order valence-electron chi connectivity index (χ3n) is 5.14. The van der Waals surface area contributed by atoms with Crippen LogP contribution in [0.1, 0.15) is 22.5 Å². The number of β-amino-alcohol motifs (C(OH)–C–C–N with tert-alkyl or cyclic N) is 1. The number of fused-ring (bicyclic) bond motifs is 2. The first kappa shape index (κ1) is 14.8. The molecule has 128 valence electrons. The van der Waals surface area contributed by atoms with E-state index in [9.17, 15) is 14.7 Å². The molecule has 1 saturated carbocycles. The van der Waals surface area contributed by atoms with Crippen molar-refractivity contribution >= 4 is 27.5 Å². The first-order valence-electron chi connectivity index (χ1n) is 8.00. The number of nitrogens with one attached hydrogen (secondary N) is 1. The van der Waals surface area contributed by atoms with E-state index in [0.717, 1.165) is 6.42 Å². The van der Waals surface area contributed by atoms with Crippen molar-refractivity contribution in [3.63, 3.8) is 0 Å². The first-order valence-corrected chi connectivity index (χ1v) is 8.88. The number of aromatic nitrogens is 4. The van der Waals surface area contributed by atoms with Crippen molar-refractivity contribution in [2.45, 2.75) is 18.9 Å². The highest BCUT2D eigenvalue weighted by molar-refractivity contribution is 7.17. The zero-order valence-corrected chi connectivity index (χ0v) is 14.2. The molecule has 2 fully saturated rings. The van der Waals surface area contributed by atoms with Gasteiger partial charge in [-0.2, -0.15) is 5.10 Å². The lowest BCUT2D eigenvalue weighted by Crippen LogP contribution is -2.33. The average molecular weight is 357 g/mol. The fourth-order valence-corrected chi connectivity index (χ4v) is 4.30. The van der Waals surface area contributed by atoms with Crippen LogP contribution in [0.4, 0.5) is 0 Å². The summed E-state index contributed by atoms with van der Waals surface area (Å²) >= 11 is 1.33. The van der Waals surface area contributed by atoms with Gasteiger partial charge in [0.05, 0.1) is 35.1 Å².